The third-order valence-corrected chi connectivity index (χ3v) is 1.37. The van der Waals surface area contributed by atoms with E-state index in [0.29, 0.717) is 0 Å². The Balaban J connectivity index is 0.000000671. The fourth-order valence-electron chi connectivity index (χ4n) is 0.747. The summed E-state index contributed by atoms with van der Waals surface area (Å²) in [6.45, 7) is 5.35. The third-order valence-electron chi connectivity index (χ3n) is 1.37. The zero-order chi connectivity index (χ0) is 10.4. The van der Waals surface area contributed by atoms with Crippen LogP contribution in [0.1, 0.15) is 31.1 Å². The lowest BCUT2D eigenvalue weighted by molar-refractivity contribution is 0.101. The second-order valence-corrected chi connectivity index (χ2v) is 2.28. The van der Waals surface area contributed by atoms with Crippen LogP contribution < -0.4 is 5.56 Å². The summed E-state index contributed by atoms with van der Waals surface area (Å²) in [4.78, 5) is 25.6. The molecule has 1 rings (SSSR count). The minimum atomic E-state index is -0.299. The molecule has 0 amide bonds. The van der Waals surface area contributed by atoms with Crippen LogP contribution in [0.4, 0.5) is 0 Å². The van der Waals surface area contributed by atoms with Crippen molar-refractivity contribution in [2.45, 2.75) is 20.8 Å². The molecule has 72 valence electrons. The molecule has 0 aliphatic rings. The maximum Gasteiger partial charge on any atom is 0.263 e. The van der Waals surface area contributed by atoms with Crippen molar-refractivity contribution in [2.75, 3.05) is 0 Å². The summed E-state index contributed by atoms with van der Waals surface area (Å²) < 4.78 is 1.27. The van der Waals surface area contributed by atoms with Crippen LogP contribution >= 0.6 is 0 Å². The van der Waals surface area contributed by atoms with Gasteiger partial charge < -0.3 is 4.57 Å². The molecular weight excluding hydrogens is 168 g/mol. The summed E-state index contributed by atoms with van der Waals surface area (Å²) >= 11 is 0. The number of rotatable bonds is 1. The van der Waals surface area contributed by atoms with Crippen molar-refractivity contribution in [1.82, 2.24) is 9.55 Å². The van der Waals surface area contributed by atoms with Crippen molar-refractivity contribution in [3.8, 4) is 0 Å². The van der Waals surface area contributed by atoms with Gasteiger partial charge in [0.15, 0.2) is 5.78 Å². The molecular formula is C9H14N2O2. The number of hydrogen-bond acceptors (Lipinski definition) is 3. The van der Waals surface area contributed by atoms with E-state index in [1.165, 1.54) is 24.0 Å². The molecule has 0 radical (unpaired) electrons. The van der Waals surface area contributed by atoms with Crippen molar-refractivity contribution < 1.29 is 4.79 Å². The van der Waals surface area contributed by atoms with Gasteiger partial charge in [-0.1, -0.05) is 13.8 Å². The largest absolute Gasteiger partial charge is 0.302 e. The molecule has 1 aromatic heterocycles. The SMILES string of the molecule is CC.CC(=O)c1cncn(C)c1=O. The van der Waals surface area contributed by atoms with Crippen molar-refractivity contribution in [3.63, 3.8) is 0 Å². The second kappa shape index (κ2) is 5.24. The highest BCUT2D eigenvalue weighted by Crippen LogP contribution is 1.87. The van der Waals surface area contributed by atoms with Gasteiger partial charge in [0.25, 0.3) is 5.56 Å². The first kappa shape index (κ1) is 11.6. The number of hydrogen-bond donors (Lipinski definition) is 0. The van der Waals surface area contributed by atoms with Crippen molar-refractivity contribution in [1.29, 1.82) is 0 Å². The Morgan fingerprint density at radius 2 is 2.00 bits per heavy atom. The first-order chi connectivity index (χ1) is 6.13. The van der Waals surface area contributed by atoms with E-state index in [-0.39, 0.29) is 16.9 Å². The van der Waals surface area contributed by atoms with Crippen LogP contribution in [-0.2, 0) is 7.05 Å². The summed E-state index contributed by atoms with van der Waals surface area (Å²) in [5.74, 6) is -0.251. The Labute approximate surface area is 77.2 Å². The lowest BCUT2D eigenvalue weighted by Gasteiger charge is -1.96. The molecule has 1 aromatic rings. The number of nitrogens with zero attached hydrogens (tertiary/aromatic N) is 2. The number of Topliss-reactive ketones (excluding diaryl/α,β-unsaturated/α-hetero) is 1. The Morgan fingerprint density at radius 3 is 2.38 bits per heavy atom. The average molecular weight is 182 g/mol. The summed E-state index contributed by atoms with van der Waals surface area (Å²) in [5.41, 5.74) is -0.164. The van der Waals surface area contributed by atoms with E-state index >= 15 is 0 Å². The minimum absolute atomic E-state index is 0.134. The van der Waals surface area contributed by atoms with Gasteiger partial charge in [-0.05, 0) is 6.92 Å². The smallest absolute Gasteiger partial charge is 0.263 e. The van der Waals surface area contributed by atoms with Gasteiger partial charge in [-0.25, -0.2) is 4.98 Å². The zero-order valence-electron chi connectivity index (χ0n) is 8.37. The van der Waals surface area contributed by atoms with Gasteiger partial charge in [0.2, 0.25) is 0 Å². The Bertz CT molecular complexity index is 342. The number of carbonyl (C=O) groups excluding carboxylic acids is 1. The number of aryl methyl sites for hydroxylation is 1. The van der Waals surface area contributed by atoms with Crippen LogP contribution in [-0.4, -0.2) is 15.3 Å². The van der Waals surface area contributed by atoms with E-state index < -0.39 is 0 Å². The highest BCUT2D eigenvalue weighted by atomic mass is 16.1. The molecule has 0 aromatic carbocycles. The standard InChI is InChI=1S/C7H8N2O2.C2H6/c1-5(10)6-3-8-4-9(2)7(6)11;1-2/h3-4H,1-2H3;1-2H3. The second-order valence-electron chi connectivity index (χ2n) is 2.28. The molecule has 0 atom stereocenters. The first-order valence-corrected chi connectivity index (χ1v) is 4.14. The van der Waals surface area contributed by atoms with Gasteiger partial charge in [0.05, 0.1) is 6.33 Å². The molecule has 0 bridgehead atoms. The van der Waals surface area contributed by atoms with Crippen molar-refractivity contribution in [2.24, 2.45) is 7.05 Å². The molecule has 4 heteroatoms. The average Bonchev–Trinajstić information content (AvgIpc) is 2.13. The summed E-state index contributed by atoms with van der Waals surface area (Å²) in [6.07, 6.45) is 2.65. The Hall–Kier alpha value is -1.45. The molecule has 0 fully saturated rings. The highest BCUT2D eigenvalue weighted by molar-refractivity contribution is 5.93. The predicted molar refractivity (Wildman–Crippen MR) is 50.8 cm³/mol. The van der Waals surface area contributed by atoms with Gasteiger partial charge in [0.1, 0.15) is 5.56 Å². The van der Waals surface area contributed by atoms with Crippen molar-refractivity contribution >= 4 is 5.78 Å². The maximum atomic E-state index is 11.1. The normalized spacial score (nSPS) is 8.62. The molecule has 4 nitrogen and oxygen atoms in total. The van der Waals surface area contributed by atoms with E-state index in [0.717, 1.165) is 0 Å². The fraction of sp³-hybridized carbons (Fsp3) is 0.444. The van der Waals surface area contributed by atoms with Gasteiger partial charge >= 0.3 is 0 Å². The van der Waals surface area contributed by atoms with Gasteiger partial charge in [0, 0.05) is 13.2 Å². The monoisotopic (exact) mass is 182 g/mol. The lowest BCUT2D eigenvalue weighted by atomic mass is 10.2. The molecule has 0 aliphatic heterocycles. The van der Waals surface area contributed by atoms with E-state index in [1.807, 2.05) is 13.8 Å². The van der Waals surface area contributed by atoms with Crippen LogP contribution in [0.2, 0.25) is 0 Å². The van der Waals surface area contributed by atoms with Crippen LogP contribution in [0.25, 0.3) is 0 Å². The van der Waals surface area contributed by atoms with Gasteiger partial charge in [-0.2, -0.15) is 0 Å². The summed E-state index contributed by atoms with van der Waals surface area (Å²) in [5, 5.41) is 0. The third kappa shape index (κ3) is 2.82. The van der Waals surface area contributed by atoms with E-state index in [1.54, 1.807) is 7.05 Å². The molecule has 0 unspecified atom stereocenters. The highest BCUT2D eigenvalue weighted by Gasteiger charge is 2.04. The van der Waals surface area contributed by atoms with Crippen LogP contribution in [0.5, 0.6) is 0 Å². The number of carbonyl (C=O) groups is 1. The molecule has 0 spiro atoms. The number of ketones is 1. The van der Waals surface area contributed by atoms with E-state index in [4.69, 9.17) is 0 Å². The predicted octanol–water partition coefficient (Wildman–Crippen LogP) is 1.01. The lowest BCUT2D eigenvalue weighted by Crippen LogP contribution is -2.23. The Morgan fingerprint density at radius 1 is 1.46 bits per heavy atom. The minimum Gasteiger partial charge on any atom is -0.302 e. The molecule has 13 heavy (non-hydrogen) atoms. The number of aromatic nitrogens is 2. The Kier molecular flexibility index (Phi) is 4.66. The molecule has 0 saturated heterocycles. The fourth-order valence-corrected chi connectivity index (χ4v) is 0.747. The van der Waals surface area contributed by atoms with Crippen LogP contribution in [0.15, 0.2) is 17.3 Å². The van der Waals surface area contributed by atoms with Gasteiger partial charge in [-0.3, -0.25) is 9.59 Å². The maximum absolute atomic E-state index is 11.1. The van der Waals surface area contributed by atoms with Gasteiger partial charge in [-0.15, -0.1) is 0 Å². The molecule has 0 saturated carbocycles. The van der Waals surface area contributed by atoms with E-state index in [9.17, 15) is 9.59 Å². The molecule has 0 aliphatic carbocycles. The summed E-state index contributed by atoms with van der Waals surface area (Å²) in [7, 11) is 1.56. The van der Waals surface area contributed by atoms with E-state index in [2.05, 4.69) is 4.98 Å². The zero-order valence-corrected chi connectivity index (χ0v) is 8.37. The molecule has 1 heterocycles. The van der Waals surface area contributed by atoms with Crippen LogP contribution in [0.3, 0.4) is 0 Å². The summed E-state index contributed by atoms with van der Waals surface area (Å²) in [6, 6.07) is 0. The van der Waals surface area contributed by atoms with Crippen molar-refractivity contribution in [3.05, 3.63) is 28.4 Å². The quantitative estimate of drug-likeness (QED) is 0.609. The van der Waals surface area contributed by atoms with Crippen LogP contribution in [0, 0.1) is 0 Å². The topological polar surface area (TPSA) is 52.0 Å². The first-order valence-electron chi connectivity index (χ1n) is 4.14. The molecule has 0 N–H and O–H groups in total.